The van der Waals surface area contributed by atoms with Crippen molar-refractivity contribution in [2.75, 3.05) is 11.9 Å². The molecule has 1 unspecified atom stereocenters. The van der Waals surface area contributed by atoms with Crippen LogP contribution in [0, 0.1) is 5.92 Å². The summed E-state index contributed by atoms with van der Waals surface area (Å²) in [6.45, 7) is 5.03. The highest BCUT2D eigenvalue weighted by molar-refractivity contribution is 9.09. The number of alkyl halides is 1. The first-order valence-corrected chi connectivity index (χ1v) is 7.76. The fraction of sp³-hybridized carbons (Fsp3) is 0.533. The molecule has 1 amide bonds. The van der Waals surface area contributed by atoms with Crippen LogP contribution >= 0.6 is 15.9 Å². The highest BCUT2D eigenvalue weighted by Gasteiger charge is 2.09. The molecule has 0 radical (unpaired) electrons. The van der Waals surface area contributed by atoms with E-state index in [9.17, 15) is 4.79 Å². The van der Waals surface area contributed by atoms with Gasteiger partial charge in [0.2, 0.25) is 0 Å². The largest absolute Gasteiger partial charge is 0.352 e. The SMILES string of the molecule is CCc1ccc(C(=O)NCC(CC)CCBr)cc1. The summed E-state index contributed by atoms with van der Waals surface area (Å²) in [5.74, 6) is 0.592. The Hall–Kier alpha value is -0.830. The summed E-state index contributed by atoms with van der Waals surface area (Å²) in [5.41, 5.74) is 2.01. The minimum atomic E-state index is 0.0330. The molecular formula is C15H22BrNO. The molecule has 1 aromatic carbocycles. The predicted molar refractivity (Wildman–Crippen MR) is 80.3 cm³/mol. The Morgan fingerprint density at radius 2 is 1.94 bits per heavy atom. The Kier molecular flexibility index (Phi) is 7.02. The minimum Gasteiger partial charge on any atom is -0.352 e. The second-order valence-electron chi connectivity index (χ2n) is 4.51. The Labute approximate surface area is 118 Å². The number of benzene rings is 1. The van der Waals surface area contributed by atoms with Crippen molar-refractivity contribution in [1.82, 2.24) is 5.32 Å². The number of halogens is 1. The normalized spacial score (nSPS) is 12.2. The zero-order chi connectivity index (χ0) is 13.4. The number of carbonyl (C=O) groups excluding carboxylic acids is 1. The highest BCUT2D eigenvalue weighted by atomic mass is 79.9. The van der Waals surface area contributed by atoms with Gasteiger partial charge < -0.3 is 5.32 Å². The van der Waals surface area contributed by atoms with Crippen LogP contribution in [0.5, 0.6) is 0 Å². The number of carbonyl (C=O) groups is 1. The molecule has 1 rings (SSSR count). The van der Waals surface area contributed by atoms with Crippen molar-refractivity contribution in [3.8, 4) is 0 Å². The van der Waals surface area contributed by atoms with Gasteiger partial charge in [-0.3, -0.25) is 4.79 Å². The standard InChI is InChI=1S/C15H22BrNO/c1-3-12-5-7-14(8-6-12)15(18)17-11-13(4-2)9-10-16/h5-8,13H,3-4,9-11H2,1-2H3,(H,17,18). The summed E-state index contributed by atoms with van der Waals surface area (Å²) >= 11 is 3.45. The van der Waals surface area contributed by atoms with Crippen LogP contribution in [0.2, 0.25) is 0 Å². The van der Waals surface area contributed by atoms with Gasteiger partial charge in [-0.05, 0) is 36.5 Å². The summed E-state index contributed by atoms with van der Waals surface area (Å²) in [6, 6.07) is 7.84. The molecule has 18 heavy (non-hydrogen) atoms. The van der Waals surface area contributed by atoms with Gasteiger partial charge in [0.1, 0.15) is 0 Å². The summed E-state index contributed by atoms with van der Waals surface area (Å²) in [4.78, 5) is 11.9. The smallest absolute Gasteiger partial charge is 0.251 e. The summed E-state index contributed by atoms with van der Waals surface area (Å²) in [5, 5.41) is 4.01. The number of amides is 1. The van der Waals surface area contributed by atoms with Crippen LogP contribution in [0.15, 0.2) is 24.3 Å². The highest BCUT2D eigenvalue weighted by Crippen LogP contribution is 2.09. The lowest BCUT2D eigenvalue weighted by Gasteiger charge is -2.14. The van der Waals surface area contributed by atoms with E-state index in [1.165, 1.54) is 5.56 Å². The molecule has 0 aliphatic carbocycles. The zero-order valence-electron chi connectivity index (χ0n) is 11.2. The van der Waals surface area contributed by atoms with E-state index < -0.39 is 0 Å². The maximum Gasteiger partial charge on any atom is 0.251 e. The first-order chi connectivity index (χ1) is 8.71. The van der Waals surface area contributed by atoms with Crippen molar-refractivity contribution in [3.05, 3.63) is 35.4 Å². The Bertz CT molecular complexity index is 361. The zero-order valence-corrected chi connectivity index (χ0v) is 12.8. The summed E-state index contributed by atoms with van der Waals surface area (Å²) in [7, 11) is 0. The third kappa shape index (κ3) is 4.81. The van der Waals surface area contributed by atoms with Crippen LogP contribution in [0.1, 0.15) is 42.6 Å². The molecule has 0 aromatic heterocycles. The van der Waals surface area contributed by atoms with E-state index in [0.29, 0.717) is 5.92 Å². The van der Waals surface area contributed by atoms with E-state index in [2.05, 4.69) is 35.1 Å². The van der Waals surface area contributed by atoms with Gasteiger partial charge in [-0.25, -0.2) is 0 Å². The van der Waals surface area contributed by atoms with Crippen LogP contribution in [-0.2, 0) is 6.42 Å². The molecule has 0 spiro atoms. The summed E-state index contributed by atoms with van der Waals surface area (Å²) < 4.78 is 0. The van der Waals surface area contributed by atoms with Gasteiger partial charge in [-0.1, -0.05) is 48.3 Å². The molecule has 0 heterocycles. The molecule has 0 aliphatic rings. The third-order valence-corrected chi connectivity index (χ3v) is 3.73. The maximum atomic E-state index is 11.9. The second-order valence-corrected chi connectivity index (χ2v) is 5.31. The number of hydrogen-bond donors (Lipinski definition) is 1. The molecule has 3 heteroatoms. The van der Waals surface area contributed by atoms with Gasteiger partial charge in [0.15, 0.2) is 0 Å². The van der Waals surface area contributed by atoms with Crippen molar-refractivity contribution in [3.63, 3.8) is 0 Å². The monoisotopic (exact) mass is 311 g/mol. The van der Waals surface area contributed by atoms with Crippen molar-refractivity contribution < 1.29 is 4.79 Å². The number of rotatable bonds is 7. The van der Waals surface area contributed by atoms with Gasteiger partial charge in [-0.15, -0.1) is 0 Å². The van der Waals surface area contributed by atoms with Crippen molar-refractivity contribution in [2.24, 2.45) is 5.92 Å². The molecule has 0 fully saturated rings. The van der Waals surface area contributed by atoms with Gasteiger partial charge in [0.25, 0.3) is 5.91 Å². The van der Waals surface area contributed by atoms with Crippen LogP contribution in [-0.4, -0.2) is 17.8 Å². The van der Waals surface area contributed by atoms with Crippen molar-refractivity contribution in [2.45, 2.75) is 33.1 Å². The molecule has 0 saturated carbocycles. The molecule has 1 aromatic rings. The lowest BCUT2D eigenvalue weighted by molar-refractivity contribution is 0.0946. The first-order valence-electron chi connectivity index (χ1n) is 6.64. The molecule has 100 valence electrons. The van der Waals surface area contributed by atoms with E-state index >= 15 is 0 Å². The van der Waals surface area contributed by atoms with Crippen molar-refractivity contribution in [1.29, 1.82) is 0 Å². The van der Waals surface area contributed by atoms with Gasteiger partial charge in [0, 0.05) is 17.4 Å². The van der Waals surface area contributed by atoms with Gasteiger partial charge in [-0.2, -0.15) is 0 Å². The quantitative estimate of drug-likeness (QED) is 0.763. The van der Waals surface area contributed by atoms with E-state index in [-0.39, 0.29) is 5.91 Å². The molecule has 0 bridgehead atoms. The van der Waals surface area contributed by atoms with Crippen LogP contribution in [0.4, 0.5) is 0 Å². The molecule has 0 saturated heterocycles. The molecule has 1 N–H and O–H groups in total. The predicted octanol–water partition coefficient (Wildman–Crippen LogP) is 3.79. The minimum absolute atomic E-state index is 0.0330. The van der Waals surface area contributed by atoms with E-state index in [1.807, 2.05) is 24.3 Å². The molecule has 0 aliphatic heterocycles. The lowest BCUT2D eigenvalue weighted by atomic mass is 10.0. The Morgan fingerprint density at radius 3 is 2.44 bits per heavy atom. The number of hydrogen-bond acceptors (Lipinski definition) is 1. The fourth-order valence-corrected chi connectivity index (χ4v) is 2.48. The molecular weight excluding hydrogens is 290 g/mol. The molecule has 1 atom stereocenters. The van der Waals surface area contributed by atoms with E-state index in [0.717, 1.165) is 36.7 Å². The lowest BCUT2D eigenvalue weighted by Crippen LogP contribution is -2.29. The number of nitrogens with one attached hydrogen (secondary N) is 1. The second kappa shape index (κ2) is 8.30. The van der Waals surface area contributed by atoms with Crippen LogP contribution in [0.3, 0.4) is 0 Å². The van der Waals surface area contributed by atoms with Crippen LogP contribution < -0.4 is 5.32 Å². The third-order valence-electron chi connectivity index (χ3n) is 3.27. The topological polar surface area (TPSA) is 29.1 Å². The first kappa shape index (κ1) is 15.2. The summed E-state index contributed by atoms with van der Waals surface area (Å²) in [6.07, 6.45) is 3.21. The van der Waals surface area contributed by atoms with Crippen molar-refractivity contribution >= 4 is 21.8 Å². The van der Waals surface area contributed by atoms with Gasteiger partial charge in [0.05, 0.1) is 0 Å². The fourth-order valence-electron chi connectivity index (χ4n) is 1.84. The maximum absolute atomic E-state index is 11.9. The molecule has 2 nitrogen and oxygen atoms in total. The Balaban J connectivity index is 2.48. The van der Waals surface area contributed by atoms with E-state index in [1.54, 1.807) is 0 Å². The van der Waals surface area contributed by atoms with Gasteiger partial charge >= 0.3 is 0 Å². The van der Waals surface area contributed by atoms with Crippen LogP contribution in [0.25, 0.3) is 0 Å². The Morgan fingerprint density at radius 1 is 1.28 bits per heavy atom. The average molecular weight is 312 g/mol. The number of aryl methyl sites for hydroxylation is 1. The average Bonchev–Trinajstić information content (AvgIpc) is 2.43. The van der Waals surface area contributed by atoms with E-state index in [4.69, 9.17) is 0 Å².